The molecule has 6 heterocycles. The molecule has 0 N–H and O–H groups in total. The van der Waals surface area contributed by atoms with Crippen molar-refractivity contribution in [3.8, 4) is 11.6 Å². The van der Waals surface area contributed by atoms with Gasteiger partial charge < -0.3 is 19.1 Å². The molecule has 0 bridgehead atoms. The number of para-hydroxylation sites is 1. The van der Waals surface area contributed by atoms with Gasteiger partial charge in [-0.25, -0.2) is 9.97 Å². The van der Waals surface area contributed by atoms with Crippen molar-refractivity contribution in [2.45, 2.75) is 44.7 Å². The number of piperidine rings is 2. The third kappa shape index (κ3) is 5.13. The molecule has 0 aliphatic carbocycles. The van der Waals surface area contributed by atoms with Crippen molar-refractivity contribution in [2.75, 3.05) is 62.2 Å². The van der Waals surface area contributed by atoms with E-state index in [1.165, 1.54) is 50.9 Å². The van der Waals surface area contributed by atoms with E-state index in [0.717, 1.165) is 63.0 Å². The Labute approximate surface area is 230 Å². The number of fused-ring (bicyclic) bond motifs is 1. The first-order chi connectivity index (χ1) is 19.3. The SMILES string of the molecule is c1ccc(N2CCN(Cc3cnc(N4CCC(N5CCCCC5)CC4)n4nc(-c5ccco5)nc34)CC2)cc1. The average Bonchev–Trinajstić information content (AvgIpc) is 3.70. The Morgan fingerprint density at radius 3 is 2.33 bits per heavy atom. The Kier molecular flexibility index (Phi) is 6.92. The molecule has 3 fully saturated rings. The summed E-state index contributed by atoms with van der Waals surface area (Å²) in [6.45, 7) is 9.38. The highest BCUT2D eigenvalue weighted by molar-refractivity contribution is 5.58. The molecule has 0 spiro atoms. The molecular formula is C30H38N8O. The molecule has 0 amide bonds. The number of furan rings is 1. The van der Waals surface area contributed by atoms with Gasteiger partial charge in [0.2, 0.25) is 11.8 Å². The van der Waals surface area contributed by atoms with E-state index in [-0.39, 0.29) is 0 Å². The van der Waals surface area contributed by atoms with E-state index in [1.54, 1.807) is 6.26 Å². The van der Waals surface area contributed by atoms with Crippen LogP contribution in [0.15, 0.2) is 59.3 Å². The molecule has 9 nitrogen and oxygen atoms in total. The van der Waals surface area contributed by atoms with E-state index >= 15 is 0 Å². The highest BCUT2D eigenvalue weighted by Gasteiger charge is 2.28. The lowest BCUT2D eigenvalue weighted by molar-refractivity contribution is 0.141. The lowest BCUT2D eigenvalue weighted by atomic mass is 10.00. The maximum Gasteiger partial charge on any atom is 0.228 e. The van der Waals surface area contributed by atoms with Gasteiger partial charge in [-0.3, -0.25) is 4.90 Å². The Balaban J connectivity index is 1.10. The summed E-state index contributed by atoms with van der Waals surface area (Å²) in [5, 5.41) is 4.92. The summed E-state index contributed by atoms with van der Waals surface area (Å²) in [4.78, 5) is 20.1. The van der Waals surface area contributed by atoms with E-state index in [1.807, 2.05) is 22.8 Å². The van der Waals surface area contributed by atoms with Crippen LogP contribution >= 0.6 is 0 Å². The van der Waals surface area contributed by atoms with Crippen LogP contribution in [0.5, 0.6) is 0 Å². The first kappa shape index (κ1) is 24.6. The molecule has 3 aliphatic rings. The van der Waals surface area contributed by atoms with Crippen LogP contribution < -0.4 is 9.80 Å². The number of nitrogens with zero attached hydrogens (tertiary/aromatic N) is 8. The van der Waals surface area contributed by atoms with Crippen LogP contribution in [0.3, 0.4) is 0 Å². The van der Waals surface area contributed by atoms with Gasteiger partial charge in [0.25, 0.3) is 0 Å². The van der Waals surface area contributed by atoms with Crippen molar-refractivity contribution in [3.63, 3.8) is 0 Å². The Bertz CT molecular complexity index is 1350. The van der Waals surface area contributed by atoms with Crippen molar-refractivity contribution in [2.24, 2.45) is 0 Å². The quantitative estimate of drug-likeness (QED) is 0.371. The Morgan fingerprint density at radius 2 is 1.59 bits per heavy atom. The highest BCUT2D eigenvalue weighted by atomic mass is 16.3. The smallest absolute Gasteiger partial charge is 0.228 e. The first-order valence-electron chi connectivity index (χ1n) is 14.6. The normalized spacial score (nSPS) is 20.2. The molecule has 1 aromatic carbocycles. The van der Waals surface area contributed by atoms with E-state index in [2.05, 4.69) is 49.9 Å². The number of hydrogen-bond acceptors (Lipinski definition) is 8. The van der Waals surface area contributed by atoms with Gasteiger partial charge in [0.15, 0.2) is 11.4 Å². The lowest BCUT2D eigenvalue weighted by Crippen LogP contribution is -2.47. The van der Waals surface area contributed by atoms with E-state index < -0.39 is 0 Å². The van der Waals surface area contributed by atoms with Gasteiger partial charge >= 0.3 is 0 Å². The summed E-state index contributed by atoms with van der Waals surface area (Å²) >= 11 is 0. The van der Waals surface area contributed by atoms with Crippen molar-refractivity contribution in [1.29, 1.82) is 0 Å². The molecule has 3 saturated heterocycles. The standard InChI is InChI=1S/C30H38N8O/c1-3-8-25(9-4-1)36-19-17-34(18-20-36)23-24-22-31-30(38-29(24)32-28(33-38)27-10-7-21-39-27)37-15-11-26(12-16-37)35-13-5-2-6-14-35/h1,3-4,7-10,21-22,26H,2,5-6,11-20,23H2. The van der Waals surface area contributed by atoms with Crippen LogP contribution in [0.2, 0.25) is 0 Å². The number of hydrogen-bond donors (Lipinski definition) is 0. The number of benzene rings is 1. The minimum Gasteiger partial charge on any atom is -0.461 e. The minimum absolute atomic E-state index is 0.618. The molecule has 0 saturated carbocycles. The zero-order valence-electron chi connectivity index (χ0n) is 22.7. The van der Waals surface area contributed by atoms with E-state index in [4.69, 9.17) is 19.5 Å². The molecule has 7 rings (SSSR count). The van der Waals surface area contributed by atoms with Gasteiger partial charge in [0.05, 0.1) is 6.26 Å². The number of piperazine rings is 1. The second-order valence-electron chi connectivity index (χ2n) is 11.1. The largest absolute Gasteiger partial charge is 0.461 e. The van der Waals surface area contributed by atoms with Crippen LogP contribution in [-0.2, 0) is 6.54 Å². The van der Waals surface area contributed by atoms with Gasteiger partial charge in [-0.2, -0.15) is 4.52 Å². The third-order valence-electron chi connectivity index (χ3n) is 8.70. The van der Waals surface area contributed by atoms with Crippen LogP contribution in [0, 0.1) is 0 Å². The van der Waals surface area contributed by atoms with Crippen LogP contribution in [0.25, 0.3) is 17.2 Å². The molecule has 0 radical (unpaired) electrons. The van der Waals surface area contributed by atoms with E-state index in [0.29, 0.717) is 17.6 Å². The fourth-order valence-electron chi connectivity index (χ4n) is 6.50. The summed E-state index contributed by atoms with van der Waals surface area (Å²) in [5.74, 6) is 2.20. The second-order valence-corrected chi connectivity index (χ2v) is 11.1. The molecule has 3 aromatic heterocycles. The summed E-state index contributed by atoms with van der Waals surface area (Å²) in [6, 6.07) is 15.2. The maximum atomic E-state index is 5.67. The predicted octanol–water partition coefficient (Wildman–Crippen LogP) is 4.16. The van der Waals surface area contributed by atoms with Crippen molar-refractivity contribution >= 4 is 17.3 Å². The number of aromatic nitrogens is 4. The van der Waals surface area contributed by atoms with Gasteiger partial charge in [-0.15, -0.1) is 5.10 Å². The monoisotopic (exact) mass is 526 g/mol. The number of rotatable bonds is 6. The fraction of sp³-hybridized carbons (Fsp3) is 0.500. The summed E-state index contributed by atoms with van der Waals surface area (Å²) in [6.07, 6.45) is 10.1. The zero-order chi connectivity index (χ0) is 26.0. The summed E-state index contributed by atoms with van der Waals surface area (Å²) in [5.41, 5.74) is 3.30. The summed E-state index contributed by atoms with van der Waals surface area (Å²) < 4.78 is 7.63. The maximum absolute atomic E-state index is 5.67. The van der Waals surface area contributed by atoms with Gasteiger partial charge in [-0.1, -0.05) is 24.6 Å². The molecular weight excluding hydrogens is 488 g/mol. The minimum atomic E-state index is 0.618. The van der Waals surface area contributed by atoms with Gasteiger partial charge in [-0.05, 0) is 63.0 Å². The third-order valence-corrected chi connectivity index (χ3v) is 8.70. The average molecular weight is 527 g/mol. The lowest BCUT2D eigenvalue weighted by Gasteiger charge is -2.40. The van der Waals surface area contributed by atoms with Crippen molar-refractivity contribution in [3.05, 3.63) is 60.5 Å². The summed E-state index contributed by atoms with van der Waals surface area (Å²) in [7, 11) is 0. The molecule has 39 heavy (non-hydrogen) atoms. The van der Waals surface area contributed by atoms with Crippen molar-refractivity contribution in [1.82, 2.24) is 29.4 Å². The highest BCUT2D eigenvalue weighted by Crippen LogP contribution is 2.27. The van der Waals surface area contributed by atoms with Gasteiger partial charge in [0, 0.05) is 69.3 Å². The number of likely N-dealkylation sites (tertiary alicyclic amines) is 1. The zero-order valence-corrected chi connectivity index (χ0v) is 22.7. The Morgan fingerprint density at radius 1 is 0.795 bits per heavy atom. The number of anilines is 2. The van der Waals surface area contributed by atoms with E-state index in [9.17, 15) is 0 Å². The molecule has 9 heteroatoms. The predicted molar refractivity (Wildman–Crippen MR) is 153 cm³/mol. The molecule has 204 valence electrons. The van der Waals surface area contributed by atoms with Crippen molar-refractivity contribution < 1.29 is 4.42 Å². The molecule has 0 atom stereocenters. The van der Waals surface area contributed by atoms with Crippen LogP contribution in [0.1, 0.15) is 37.7 Å². The van der Waals surface area contributed by atoms with Crippen LogP contribution in [0.4, 0.5) is 11.6 Å². The molecule has 3 aliphatic heterocycles. The molecule has 0 unspecified atom stereocenters. The topological polar surface area (TPSA) is 69.2 Å². The molecule has 4 aromatic rings. The fourth-order valence-corrected chi connectivity index (χ4v) is 6.50. The first-order valence-corrected chi connectivity index (χ1v) is 14.6. The Hall–Kier alpha value is -3.43. The van der Waals surface area contributed by atoms with Gasteiger partial charge in [0.1, 0.15) is 0 Å². The van der Waals surface area contributed by atoms with Crippen LogP contribution in [-0.4, -0.2) is 87.8 Å². The second kappa shape index (κ2) is 11.0.